The summed E-state index contributed by atoms with van der Waals surface area (Å²) in [6.45, 7) is 3.40. The summed E-state index contributed by atoms with van der Waals surface area (Å²) in [5, 5.41) is 4.60. The summed E-state index contributed by atoms with van der Waals surface area (Å²) in [5.41, 5.74) is 1.97. The second kappa shape index (κ2) is 3.97. The number of halogens is 1. The van der Waals surface area contributed by atoms with Crippen LogP contribution in [0.25, 0.3) is 0 Å². The summed E-state index contributed by atoms with van der Waals surface area (Å²) in [7, 11) is 0. The van der Waals surface area contributed by atoms with Gasteiger partial charge in [-0.15, -0.1) is 0 Å². The van der Waals surface area contributed by atoms with E-state index in [1.807, 2.05) is 6.20 Å². The minimum Gasteiger partial charge on any atom is -0.268 e. The third kappa shape index (κ3) is 1.76. The van der Waals surface area contributed by atoms with Gasteiger partial charge >= 0.3 is 0 Å². The second-order valence-corrected chi connectivity index (χ2v) is 8.32. The lowest BCUT2D eigenvalue weighted by Gasteiger charge is -2.56. The number of aromatic nitrogens is 2. The van der Waals surface area contributed by atoms with Crippen LogP contribution in [0.3, 0.4) is 0 Å². The Morgan fingerprint density at radius 2 is 1.78 bits per heavy atom. The Morgan fingerprint density at radius 3 is 2.22 bits per heavy atom. The van der Waals surface area contributed by atoms with Crippen LogP contribution in [0, 0.1) is 33.7 Å². The third-order valence-corrected chi connectivity index (χ3v) is 6.75. The summed E-state index contributed by atoms with van der Waals surface area (Å²) < 4.78 is 3.60. The van der Waals surface area contributed by atoms with Gasteiger partial charge in [0.1, 0.15) is 0 Å². The first-order valence-electron chi connectivity index (χ1n) is 7.31. The van der Waals surface area contributed by atoms with Gasteiger partial charge in [-0.05, 0) is 91.2 Å². The van der Waals surface area contributed by atoms with Crippen LogP contribution in [0.4, 0.5) is 0 Å². The summed E-state index contributed by atoms with van der Waals surface area (Å²) in [4.78, 5) is 0. The molecule has 0 unspecified atom stereocenters. The van der Waals surface area contributed by atoms with Crippen LogP contribution < -0.4 is 0 Å². The normalized spacial score (nSPS) is 41.6. The van der Waals surface area contributed by atoms with Crippen LogP contribution in [0.15, 0.2) is 6.20 Å². The fourth-order valence-electron chi connectivity index (χ4n) is 5.38. The second-order valence-electron chi connectivity index (χ2n) is 7.15. The Balaban J connectivity index is 1.62. The van der Waals surface area contributed by atoms with Gasteiger partial charge in [-0.2, -0.15) is 5.10 Å². The van der Waals surface area contributed by atoms with Gasteiger partial charge in [0.2, 0.25) is 0 Å². The van der Waals surface area contributed by atoms with Crippen LogP contribution >= 0.6 is 22.6 Å². The predicted molar refractivity (Wildman–Crippen MR) is 80.3 cm³/mol. The van der Waals surface area contributed by atoms with E-state index < -0.39 is 0 Å². The van der Waals surface area contributed by atoms with Gasteiger partial charge in [0.25, 0.3) is 0 Å². The first-order valence-corrected chi connectivity index (χ1v) is 8.39. The van der Waals surface area contributed by atoms with E-state index in [1.54, 1.807) is 0 Å². The Bertz CT molecular complexity index is 442. The first kappa shape index (κ1) is 11.7. The zero-order chi connectivity index (χ0) is 12.3. The maximum Gasteiger partial charge on any atom is 0.0626 e. The van der Waals surface area contributed by atoms with Gasteiger partial charge in [-0.3, -0.25) is 4.68 Å². The van der Waals surface area contributed by atoms with E-state index >= 15 is 0 Å². The predicted octanol–water partition coefficient (Wildman–Crippen LogP) is 4.01. The molecule has 0 atom stereocenters. The van der Waals surface area contributed by atoms with E-state index in [2.05, 4.69) is 39.3 Å². The molecular weight excluding hydrogens is 335 g/mol. The molecule has 18 heavy (non-hydrogen) atoms. The van der Waals surface area contributed by atoms with Gasteiger partial charge in [-0.25, -0.2) is 0 Å². The smallest absolute Gasteiger partial charge is 0.0626 e. The highest BCUT2D eigenvalue weighted by atomic mass is 127. The van der Waals surface area contributed by atoms with E-state index in [1.165, 1.54) is 54.3 Å². The van der Waals surface area contributed by atoms with Crippen LogP contribution in [0.2, 0.25) is 0 Å². The summed E-state index contributed by atoms with van der Waals surface area (Å²) in [6, 6.07) is 0. The average molecular weight is 356 g/mol. The van der Waals surface area contributed by atoms with Gasteiger partial charge in [0.05, 0.1) is 9.77 Å². The molecule has 5 rings (SSSR count). The molecule has 98 valence electrons. The molecule has 0 N–H and O–H groups in total. The molecular formula is C15H21IN2. The van der Waals surface area contributed by atoms with Crippen molar-refractivity contribution in [3.63, 3.8) is 0 Å². The Hall–Kier alpha value is -0.0600. The number of rotatable bonds is 2. The molecule has 2 nitrogen and oxygen atoms in total. The standard InChI is InChI=1S/C15H21IN2/c1-10-14(16)8-17-18(10)9-15-5-11-2-12(6-15)4-13(3-11)7-15/h8,11-13H,2-7,9H2,1H3. The van der Waals surface area contributed by atoms with Crippen molar-refractivity contribution in [2.24, 2.45) is 23.2 Å². The topological polar surface area (TPSA) is 17.8 Å². The van der Waals surface area contributed by atoms with Crippen molar-refractivity contribution in [3.05, 3.63) is 15.5 Å². The zero-order valence-corrected chi connectivity index (χ0v) is 13.2. The SMILES string of the molecule is Cc1c(I)cnn1CC12CC3CC(CC(C3)C1)C2. The molecule has 4 bridgehead atoms. The van der Waals surface area contributed by atoms with Crippen molar-refractivity contribution in [2.45, 2.75) is 52.0 Å². The number of hydrogen-bond donors (Lipinski definition) is 0. The highest BCUT2D eigenvalue weighted by molar-refractivity contribution is 14.1. The third-order valence-electron chi connectivity index (χ3n) is 5.69. The summed E-state index contributed by atoms with van der Waals surface area (Å²) >= 11 is 2.40. The fourth-order valence-corrected chi connectivity index (χ4v) is 5.79. The van der Waals surface area contributed by atoms with E-state index in [-0.39, 0.29) is 0 Å². The lowest BCUT2D eigenvalue weighted by atomic mass is 9.49. The molecule has 0 aliphatic heterocycles. The van der Waals surface area contributed by atoms with Crippen molar-refractivity contribution < 1.29 is 0 Å². The average Bonchev–Trinajstić information content (AvgIpc) is 2.58. The van der Waals surface area contributed by atoms with Gasteiger partial charge < -0.3 is 0 Å². The van der Waals surface area contributed by atoms with E-state index in [9.17, 15) is 0 Å². The minimum absolute atomic E-state index is 0.606. The molecule has 0 saturated heterocycles. The number of hydrogen-bond acceptors (Lipinski definition) is 1. The van der Waals surface area contributed by atoms with Crippen molar-refractivity contribution in [3.8, 4) is 0 Å². The van der Waals surface area contributed by atoms with Crippen molar-refractivity contribution in [1.29, 1.82) is 0 Å². The van der Waals surface area contributed by atoms with Crippen molar-refractivity contribution in [2.75, 3.05) is 0 Å². The van der Waals surface area contributed by atoms with Crippen molar-refractivity contribution >= 4 is 22.6 Å². The molecule has 0 radical (unpaired) electrons. The largest absolute Gasteiger partial charge is 0.268 e. The van der Waals surface area contributed by atoms with E-state index in [0.717, 1.165) is 17.8 Å². The molecule has 1 aromatic heterocycles. The molecule has 3 heteroatoms. The maximum absolute atomic E-state index is 4.60. The Morgan fingerprint density at radius 1 is 1.22 bits per heavy atom. The molecule has 4 fully saturated rings. The zero-order valence-electron chi connectivity index (χ0n) is 11.0. The Labute approximate surface area is 123 Å². The Kier molecular flexibility index (Phi) is 2.59. The molecule has 0 spiro atoms. The first-order chi connectivity index (χ1) is 8.63. The van der Waals surface area contributed by atoms with Gasteiger partial charge in [0.15, 0.2) is 0 Å². The van der Waals surface area contributed by atoms with E-state index in [4.69, 9.17) is 0 Å². The van der Waals surface area contributed by atoms with E-state index in [0.29, 0.717) is 5.41 Å². The van der Waals surface area contributed by atoms with Crippen LogP contribution in [0.1, 0.15) is 44.2 Å². The lowest BCUT2D eigenvalue weighted by molar-refractivity contribution is -0.0638. The van der Waals surface area contributed by atoms with Crippen LogP contribution in [-0.4, -0.2) is 9.78 Å². The van der Waals surface area contributed by atoms with Crippen molar-refractivity contribution in [1.82, 2.24) is 9.78 Å². The fraction of sp³-hybridized carbons (Fsp3) is 0.800. The molecule has 1 aromatic rings. The van der Waals surface area contributed by atoms with Gasteiger partial charge in [0, 0.05) is 12.2 Å². The maximum atomic E-state index is 4.60. The molecule has 0 amide bonds. The molecule has 4 aliphatic rings. The summed E-state index contributed by atoms with van der Waals surface area (Å²) in [5.74, 6) is 3.14. The van der Waals surface area contributed by atoms with Crippen LogP contribution in [-0.2, 0) is 6.54 Å². The number of nitrogens with zero attached hydrogens (tertiary/aromatic N) is 2. The summed E-state index contributed by atoms with van der Waals surface area (Å²) in [6.07, 6.45) is 11.1. The molecule has 0 aromatic carbocycles. The molecule has 4 saturated carbocycles. The molecule has 4 aliphatic carbocycles. The van der Waals surface area contributed by atoms with Crippen LogP contribution in [0.5, 0.6) is 0 Å². The minimum atomic E-state index is 0.606. The highest BCUT2D eigenvalue weighted by Crippen LogP contribution is 2.60. The van der Waals surface area contributed by atoms with Gasteiger partial charge in [-0.1, -0.05) is 0 Å². The monoisotopic (exact) mass is 356 g/mol. The molecule has 1 heterocycles. The lowest BCUT2D eigenvalue weighted by Crippen LogP contribution is -2.48. The highest BCUT2D eigenvalue weighted by Gasteiger charge is 2.51. The quantitative estimate of drug-likeness (QED) is 0.732.